The molecule has 1 atom stereocenters. The van der Waals surface area contributed by atoms with Gasteiger partial charge in [-0.25, -0.2) is 0 Å². The lowest BCUT2D eigenvalue weighted by Gasteiger charge is -2.20. The van der Waals surface area contributed by atoms with Gasteiger partial charge in [-0.1, -0.05) is 0 Å². The molecule has 1 aromatic heterocycles. The van der Waals surface area contributed by atoms with E-state index in [0.29, 0.717) is 29.6 Å². The SMILES string of the molecule is O=C(NCC1(O)CCOC1)c1ccc2n[nH]nc2c1. The number of aliphatic hydroxyl groups is 1. The summed E-state index contributed by atoms with van der Waals surface area (Å²) in [6.07, 6.45) is 0.537. The van der Waals surface area contributed by atoms with E-state index in [1.807, 2.05) is 0 Å². The highest BCUT2D eigenvalue weighted by Crippen LogP contribution is 2.17. The van der Waals surface area contributed by atoms with Gasteiger partial charge in [-0.2, -0.15) is 15.4 Å². The molecule has 2 aromatic rings. The van der Waals surface area contributed by atoms with Gasteiger partial charge in [0.2, 0.25) is 0 Å². The van der Waals surface area contributed by atoms with Crippen molar-refractivity contribution in [1.29, 1.82) is 0 Å². The molecule has 7 heteroatoms. The molecule has 1 aromatic carbocycles. The number of ether oxygens (including phenoxy) is 1. The maximum Gasteiger partial charge on any atom is 0.251 e. The van der Waals surface area contributed by atoms with E-state index < -0.39 is 5.60 Å². The van der Waals surface area contributed by atoms with Crippen molar-refractivity contribution in [3.8, 4) is 0 Å². The lowest BCUT2D eigenvalue weighted by Crippen LogP contribution is -2.43. The van der Waals surface area contributed by atoms with Crippen LogP contribution in [0, 0.1) is 0 Å². The molecule has 1 saturated heterocycles. The second-order valence-corrected chi connectivity index (χ2v) is 4.74. The number of carbonyl (C=O) groups excluding carboxylic acids is 1. The van der Waals surface area contributed by atoms with Crippen molar-refractivity contribution in [2.75, 3.05) is 19.8 Å². The van der Waals surface area contributed by atoms with Gasteiger partial charge in [-0.3, -0.25) is 4.79 Å². The van der Waals surface area contributed by atoms with Crippen LogP contribution in [0.25, 0.3) is 11.0 Å². The number of hydrogen-bond acceptors (Lipinski definition) is 5. The average Bonchev–Trinajstić information content (AvgIpc) is 3.04. The second kappa shape index (κ2) is 4.60. The van der Waals surface area contributed by atoms with Crippen LogP contribution in [0.4, 0.5) is 0 Å². The van der Waals surface area contributed by atoms with Crippen LogP contribution in [-0.2, 0) is 4.74 Å². The number of nitrogens with zero attached hydrogens (tertiary/aromatic N) is 2. The van der Waals surface area contributed by atoms with E-state index in [4.69, 9.17) is 4.74 Å². The number of amides is 1. The van der Waals surface area contributed by atoms with Crippen molar-refractivity contribution in [2.45, 2.75) is 12.0 Å². The number of rotatable bonds is 3. The zero-order chi connectivity index (χ0) is 13.3. The first kappa shape index (κ1) is 12.1. The molecule has 1 unspecified atom stereocenters. The lowest BCUT2D eigenvalue weighted by atomic mass is 10.0. The zero-order valence-corrected chi connectivity index (χ0v) is 10.2. The van der Waals surface area contributed by atoms with E-state index in [2.05, 4.69) is 20.7 Å². The Balaban J connectivity index is 1.69. The van der Waals surface area contributed by atoms with Crippen molar-refractivity contribution in [1.82, 2.24) is 20.7 Å². The summed E-state index contributed by atoms with van der Waals surface area (Å²) >= 11 is 0. The van der Waals surface area contributed by atoms with Crippen molar-refractivity contribution < 1.29 is 14.6 Å². The highest BCUT2D eigenvalue weighted by atomic mass is 16.5. The summed E-state index contributed by atoms with van der Waals surface area (Å²) in [5.74, 6) is -0.245. The van der Waals surface area contributed by atoms with Crippen molar-refractivity contribution in [3.63, 3.8) is 0 Å². The van der Waals surface area contributed by atoms with Crippen LogP contribution in [0.5, 0.6) is 0 Å². The highest BCUT2D eigenvalue weighted by Gasteiger charge is 2.32. The number of hydrogen-bond donors (Lipinski definition) is 3. The number of fused-ring (bicyclic) bond motifs is 1. The van der Waals surface area contributed by atoms with Gasteiger partial charge in [0, 0.05) is 25.1 Å². The molecule has 0 saturated carbocycles. The molecule has 1 fully saturated rings. The molecule has 1 aliphatic heterocycles. The van der Waals surface area contributed by atoms with Crippen LogP contribution in [0.3, 0.4) is 0 Å². The van der Waals surface area contributed by atoms with Crippen LogP contribution in [0.1, 0.15) is 16.8 Å². The Kier molecular flexibility index (Phi) is 2.92. The number of carbonyl (C=O) groups is 1. The fourth-order valence-corrected chi connectivity index (χ4v) is 2.06. The Morgan fingerprint density at radius 1 is 1.47 bits per heavy atom. The molecule has 0 radical (unpaired) electrons. The Morgan fingerprint density at radius 2 is 2.32 bits per heavy atom. The molecule has 3 N–H and O–H groups in total. The Hall–Kier alpha value is -1.99. The summed E-state index contributed by atoms with van der Waals surface area (Å²) in [4.78, 5) is 12.0. The summed E-state index contributed by atoms with van der Waals surface area (Å²) in [5.41, 5.74) is 0.882. The molecule has 19 heavy (non-hydrogen) atoms. The number of benzene rings is 1. The summed E-state index contributed by atoms with van der Waals surface area (Å²) in [6, 6.07) is 5.06. The normalized spacial score (nSPS) is 22.8. The first-order chi connectivity index (χ1) is 9.16. The van der Waals surface area contributed by atoms with E-state index in [-0.39, 0.29) is 19.1 Å². The summed E-state index contributed by atoms with van der Waals surface area (Å²) in [6.45, 7) is 0.968. The Labute approximate surface area is 109 Å². The van der Waals surface area contributed by atoms with Crippen LogP contribution in [0.15, 0.2) is 18.2 Å². The molecule has 100 valence electrons. The monoisotopic (exact) mass is 262 g/mol. The first-order valence-corrected chi connectivity index (χ1v) is 6.05. The van der Waals surface area contributed by atoms with Gasteiger partial charge in [0.25, 0.3) is 5.91 Å². The fourth-order valence-electron chi connectivity index (χ4n) is 2.06. The molecule has 0 aliphatic carbocycles. The number of H-pyrrole nitrogens is 1. The summed E-state index contributed by atoms with van der Waals surface area (Å²) in [7, 11) is 0. The predicted molar refractivity (Wildman–Crippen MR) is 66.6 cm³/mol. The topological polar surface area (TPSA) is 100 Å². The molecule has 0 spiro atoms. The van der Waals surface area contributed by atoms with Crippen LogP contribution in [-0.4, -0.2) is 51.8 Å². The van der Waals surface area contributed by atoms with E-state index in [0.717, 1.165) is 0 Å². The average molecular weight is 262 g/mol. The molecular weight excluding hydrogens is 248 g/mol. The molecule has 3 rings (SSSR count). The molecule has 1 amide bonds. The van der Waals surface area contributed by atoms with Crippen molar-refractivity contribution in [3.05, 3.63) is 23.8 Å². The first-order valence-electron chi connectivity index (χ1n) is 6.05. The smallest absolute Gasteiger partial charge is 0.251 e. The van der Waals surface area contributed by atoms with Crippen LogP contribution < -0.4 is 5.32 Å². The third kappa shape index (κ3) is 2.42. The maximum absolute atomic E-state index is 12.0. The van der Waals surface area contributed by atoms with E-state index in [9.17, 15) is 9.90 Å². The standard InChI is InChI=1S/C12H14N4O3/c17-11(13-6-12(18)3-4-19-7-12)8-1-2-9-10(5-8)15-16-14-9/h1-2,5,18H,3-4,6-7H2,(H,13,17)(H,14,15,16). The summed E-state index contributed by atoms with van der Waals surface area (Å²) in [5, 5.41) is 23.1. The molecule has 0 bridgehead atoms. The Bertz CT molecular complexity index is 604. The minimum Gasteiger partial charge on any atom is -0.386 e. The predicted octanol–water partition coefficient (Wildman–Crippen LogP) is -0.161. The van der Waals surface area contributed by atoms with Gasteiger partial charge in [0.15, 0.2) is 0 Å². The van der Waals surface area contributed by atoms with Gasteiger partial charge in [0.05, 0.1) is 6.61 Å². The van der Waals surface area contributed by atoms with Crippen molar-refractivity contribution >= 4 is 16.9 Å². The Morgan fingerprint density at radius 3 is 3.11 bits per heavy atom. The van der Waals surface area contributed by atoms with Gasteiger partial charge in [0.1, 0.15) is 16.6 Å². The van der Waals surface area contributed by atoms with E-state index >= 15 is 0 Å². The van der Waals surface area contributed by atoms with Gasteiger partial charge < -0.3 is 15.2 Å². The second-order valence-electron chi connectivity index (χ2n) is 4.74. The van der Waals surface area contributed by atoms with Gasteiger partial charge >= 0.3 is 0 Å². The molecule has 1 aliphatic rings. The lowest BCUT2D eigenvalue weighted by molar-refractivity contribution is 0.0264. The quantitative estimate of drug-likeness (QED) is 0.713. The third-order valence-electron chi connectivity index (χ3n) is 3.24. The van der Waals surface area contributed by atoms with E-state index in [1.165, 1.54) is 0 Å². The van der Waals surface area contributed by atoms with Crippen molar-refractivity contribution in [2.24, 2.45) is 0 Å². The van der Waals surface area contributed by atoms with Crippen LogP contribution in [0.2, 0.25) is 0 Å². The third-order valence-corrected chi connectivity index (χ3v) is 3.24. The minimum atomic E-state index is -0.951. The molecular formula is C12H14N4O3. The van der Waals surface area contributed by atoms with Crippen LogP contribution >= 0.6 is 0 Å². The molecule has 2 heterocycles. The number of aromatic amines is 1. The summed E-state index contributed by atoms with van der Waals surface area (Å²) < 4.78 is 5.12. The fraction of sp³-hybridized carbons (Fsp3) is 0.417. The number of aromatic nitrogens is 3. The zero-order valence-electron chi connectivity index (χ0n) is 10.2. The number of nitrogens with one attached hydrogen (secondary N) is 2. The maximum atomic E-state index is 12.0. The molecule has 7 nitrogen and oxygen atoms in total. The van der Waals surface area contributed by atoms with E-state index in [1.54, 1.807) is 18.2 Å². The van der Waals surface area contributed by atoms with Gasteiger partial charge in [-0.05, 0) is 18.2 Å². The largest absolute Gasteiger partial charge is 0.386 e. The minimum absolute atomic E-state index is 0.183. The highest BCUT2D eigenvalue weighted by molar-refractivity contribution is 5.97. The van der Waals surface area contributed by atoms with Gasteiger partial charge in [-0.15, -0.1) is 0 Å².